The molecule has 0 unspecified atom stereocenters. The largest absolute Gasteiger partial charge is 0.464 e. The molecular formula is C13H14BrNO5S. The molecule has 1 aliphatic rings. The van der Waals surface area contributed by atoms with E-state index in [2.05, 4.69) is 15.9 Å². The Morgan fingerprint density at radius 1 is 1.33 bits per heavy atom. The van der Waals surface area contributed by atoms with E-state index in [4.69, 9.17) is 4.74 Å². The number of aryl methyl sites for hydroxylation is 1. The zero-order valence-corrected chi connectivity index (χ0v) is 13.8. The molecule has 6 nitrogen and oxygen atoms in total. The maximum atomic E-state index is 12.5. The van der Waals surface area contributed by atoms with Gasteiger partial charge >= 0.3 is 5.97 Å². The Morgan fingerprint density at radius 3 is 2.43 bits per heavy atom. The summed E-state index contributed by atoms with van der Waals surface area (Å²) >= 11 is 3.02. The molecule has 8 heteroatoms. The summed E-state index contributed by atoms with van der Waals surface area (Å²) in [7, 11) is -4.06. The van der Waals surface area contributed by atoms with Gasteiger partial charge in [0.2, 0.25) is 0 Å². The number of sulfonamides is 1. The van der Waals surface area contributed by atoms with Gasteiger partial charge in [-0.25, -0.2) is 17.5 Å². The molecule has 2 atom stereocenters. The fourth-order valence-corrected chi connectivity index (χ4v) is 4.49. The molecule has 1 aliphatic heterocycles. The van der Waals surface area contributed by atoms with Gasteiger partial charge in [-0.1, -0.05) is 33.6 Å². The van der Waals surface area contributed by atoms with E-state index in [0.29, 0.717) is 4.31 Å². The minimum absolute atomic E-state index is 0.0323. The van der Waals surface area contributed by atoms with Crippen molar-refractivity contribution in [2.45, 2.75) is 29.6 Å². The molecular weight excluding hydrogens is 362 g/mol. The number of hydrogen-bond donors (Lipinski definition) is 0. The number of ether oxygens (including phenoxy) is 1. The number of rotatable bonds is 4. The van der Waals surface area contributed by atoms with E-state index >= 15 is 0 Å². The maximum absolute atomic E-state index is 12.5. The summed E-state index contributed by atoms with van der Waals surface area (Å²) in [6.45, 7) is 3.54. The predicted octanol–water partition coefficient (Wildman–Crippen LogP) is 1.22. The van der Waals surface area contributed by atoms with Gasteiger partial charge in [0.1, 0.15) is 4.83 Å². The first kappa shape index (κ1) is 16.0. The molecule has 1 aromatic carbocycles. The minimum Gasteiger partial charge on any atom is -0.464 e. The molecule has 0 spiro atoms. The molecule has 1 amide bonds. The number of alkyl halides is 1. The number of benzene rings is 1. The number of amides is 1. The van der Waals surface area contributed by atoms with Gasteiger partial charge in [-0.2, -0.15) is 0 Å². The highest BCUT2D eigenvalue weighted by Crippen LogP contribution is 2.33. The van der Waals surface area contributed by atoms with Gasteiger partial charge in [-0.05, 0) is 26.0 Å². The number of carbonyl (C=O) groups is 2. The Hall–Kier alpha value is -1.41. The average Bonchev–Trinajstić information content (AvgIpc) is 2.43. The number of esters is 1. The zero-order chi connectivity index (χ0) is 15.8. The van der Waals surface area contributed by atoms with Crippen LogP contribution in [-0.4, -0.2) is 42.1 Å². The van der Waals surface area contributed by atoms with Gasteiger partial charge in [0.05, 0.1) is 11.5 Å². The number of hydrogen-bond acceptors (Lipinski definition) is 5. The van der Waals surface area contributed by atoms with Crippen molar-refractivity contribution in [2.24, 2.45) is 0 Å². The quantitative estimate of drug-likeness (QED) is 0.449. The van der Waals surface area contributed by atoms with Gasteiger partial charge < -0.3 is 4.74 Å². The Labute approximate surface area is 131 Å². The lowest BCUT2D eigenvalue weighted by atomic mass is 10.1. The number of nitrogens with zero attached hydrogens (tertiary/aromatic N) is 1. The third-order valence-corrected chi connectivity index (χ3v) is 5.77. The van der Waals surface area contributed by atoms with Crippen LogP contribution in [0.1, 0.15) is 12.5 Å². The summed E-state index contributed by atoms with van der Waals surface area (Å²) in [4.78, 5) is 22.8. The molecule has 0 N–H and O–H groups in total. The van der Waals surface area contributed by atoms with Crippen LogP contribution in [0.15, 0.2) is 29.2 Å². The van der Waals surface area contributed by atoms with Crippen LogP contribution in [0, 0.1) is 6.92 Å². The van der Waals surface area contributed by atoms with Crippen molar-refractivity contribution in [3.63, 3.8) is 0 Å². The van der Waals surface area contributed by atoms with E-state index in [-0.39, 0.29) is 11.5 Å². The van der Waals surface area contributed by atoms with Gasteiger partial charge in [0, 0.05) is 0 Å². The molecule has 0 saturated carbocycles. The van der Waals surface area contributed by atoms with Crippen molar-refractivity contribution in [3.05, 3.63) is 29.8 Å². The highest BCUT2D eigenvalue weighted by atomic mass is 79.9. The molecule has 1 fully saturated rings. The molecule has 1 heterocycles. The van der Waals surface area contributed by atoms with Crippen LogP contribution in [0.4, 0.5) is 0 Å². The summed E-state index contributed by atoms with van der Waals surface area (Å²) < 4.78 is 30.4. The highest BCUT2D eigenvalue weighted by molar-refractivity contribution is 9.10. The van der Waals surface area contributed by atoms with Crippen molar-refractivity contribution in [2.75, 3.05) is 6.61 Å². The predicted molar refractivity (Wildman–Crippen MR) is 78.3 cm³/mol. The zero-order valence-electron chi connectivity index (χ0n) is 11.4. The third-order valence-electron chi connectivity index (χ3n) is 3.09. The first-order chi connectivity index (χ1) is 9.80. The average molecular weight is 376 g/mol. The topological polar surface area (TPSA) is 80.8 Å². The van der Waals surface area contributed by atoms with Crippen LogP contribution in [0.25, 0.3) is 0 Å². The summed E-state index contributed by atoms with van der Waals surface area (Å²) in [5.41, 5.74) is 0.893. The SMILES string of the molecule is CCOC(=O)[C@H]1[C@@H](Br)C(=O)N1S(=O)(=O)c1ccc(C)cc1. The van der Waals surface area contributed by atoms with Gasteiger partial charge in [-0.15, -0.1) is 0 Å². The van der Waals surface area contributed by atoms with E-state index < -0.39 is 32.8 Å². The molecule has 21 heavy (non-hydrogen) atoms. The normalized spacial score (nSPS) is 21.9. The molecule has 1 saturated heterocycles. The standard InChI is InChI=1S/C13H14BrNO5S/c1-3-20-13(17)11-10(14)12(16)15(11)21(18,19)9-6-4-8(2)5-7-9/h4-7,10-11H,3H2,1-2H3/t10-,11-/m1/s1. The second-order valence-electron chi connectivity index (χ2n) is 4.55. The maximum Gasteiger partial charge on any atom is 0.331 e. The summed E-state index contributed by atoms with van der Waals surface area (Å²) in [5, 5.41) is 0. The Kier molecular flexibility index (Phi) is 4.38. The van der Waals surface area contributed by atoms with Crippen LogP contribution < -0.4 is 0 Å². The van der Waals surface area contributed by atoms with E-state index in [0.717, 1.165) is 5.56 Å². The fourth-order valence-electron chi connectivity index (χ4n) is 1.97. The first-order valence-corrected chi connectivity index (χ1v) is 8.62. The van der Waals surface area contributed by atoms with E-state index in [1.807, 2.05) is 6.92 Å². The van der Waals surface area contributed by atoms with Crippen molar-refractivity contribution >= 4 is 37.8 Å². The molecule has 1 aromatic rings. The monoisotopic (exact) mass is 375 g/mol. The first-order valence-electron chi connectivity index (χ1n) is 6.26. The van der Waals surface area contributed by atoms with Crippen LogP contribution >= 0.6 is 15.9 Å². The molecule has 2 rings (SSSR count). The molecule has 0 bridgehead atoms. The molecule has 0 aliphatic carbocycles. The van der Waals surface area contributed by atoms with E-state index in [9.17, 15) is 18.0 Å². The second kappa shape index (κ2) is 5.76. The summed E-state index contributed by atoms with van der Waals surface area (Å²) in [6.07, 6.45) is 0. The van der Waals surface area contributed by atoms with Crippen molar-refractivity contribution < 1.29 is 22.7 Å². The highest BCUT2D eigenvalue weighted by Gasteiger charge is 2.57. The fraction of sp³-hybridized carbons (Fsp3) is 0.385. The number of β-lactam (4-membered cyclic amide) rings is 1. The lowest BCUT2D eigenvalue weighted by Crippen LogP contribution is -2.67. The van der Waals surface area contributed by atoms with Gasteiger partial charge in [0.25, 0.3) is 15.9 Å². The van der Waals surface area contributed by atoms with Crippen LogP contribution in [0.2, 0.25) is 0 Å². The second-order valence-corrected chi connectivity index (χ2v) is 7.35. The lowest BCUT2D eigenvalue weighted by Gasteiger charge is -2.41. The van der Waals surface area contributed by atoms with Gasteiger partial charge in [-0.3, -0.25) is 4.79 Å². The third kappa shape index (κ3) is 2.69. The van der Waals surface area contributed by atoms with Crippen molar-refractivity contribution in [1.82, 2.24) is 4.31 Å². The molecule has 0 radical (unpaired) electrons. The summed E-state index contributed by atoms with van der Waals surface area (Å²) in [6, 6.07) is 4.90. The van der Waals surface area contributed by atoms with Crippen LogP contribution in [0.3, 0.4) is 0 Å². The Morgan fingerprint density at radius 2 is 1.90 bits per heavy atom. The van der Waals surface area contributed by atoms with Crippen molar-refractivity contribution in [1.29, 1.82) is 0 Å². The van der Waals surface area contributed by atoms with Crippen molar-refractivity contribution in [3.8, 4) is 0 Å². The number of carbonyl (C=O) groups excluding carboxylic acids is 2. The van der Waals surface area contributed by atoms with E-state index in [1.165, 1.54) is 12.1 Å². The van der Waals surface area contributed by atoms with Crippen LogP contribution in [-0.2, 0) is 24.3 Å². The lowest BCUT2D eigenvalue weighted by molar-refractivity contribution is -0.158. The minimum atomic E-state index is -4.06. The number of halogens is 1. The summed E-state index contributed by atoms with van der Waals surface area (Å²) in [5.74, 6) is -1.41. The molecule has 114 valence electrons. The Balaban J connectivity index is 2.36. The van der Waals surface area contributed by atoms with Crippen LogP contribution in [0.5, 0.6) is 0 Å². The Bertz CT molecular complexity index is 670. The van der Waals surface area contributed by atoms with Gasteiger partial charge in [0.15, 0.2) is 6.04 Å². The molecule has 0 aromatic heterocycles. The van der Waals surface area contributed by atoms with E-state index in [1.54, 1.807) is 19.1 Å². The smallest absolute Gasteiger partial charge is 0.331 e.